The van der Waals surface area contributed by atoms with Crippen molar-refractivity contribution in [3.63, 3.8) is 0 Å². The van der Waals surface area contributed by atoms with E-state index in [0.717, 1.165) is 74.4 Å². The van der Waals surface area contributed by atoms with Crippen molar-refractivity contribution in [1.29, 1.82) is 0 Å². The largest absolute Gasteiger partial charge is 0.350 e. The van der Waals surface area contributed by atoms with Crippen molar-refractivity contribution in [2.24, 2.45) is 5.92 Å². The van der Waals surface area contributed by atoms with Crippen LogP contribution < -0.4 is 5.32 Å². The van der Waals surface area contributed by atoms with E-state index >= 15 is 0 Å². The third-order valence-electron chi connectivity index (χ3n) is 5.61. The number of hydrogen-bond donors (Lipinski definition) is 1. The first-order valence-electron chi connectivity index (χ1n) is 9.88. The van der Waals surface area contributed by atoms with E-state index in [1.807, 2.05) is 17.7 Å². The molecule has 1 aliphatic heterocycles. The number of nitrogens with one attached hydrogen (secondary N) is 1. The van der Waals surface area contributed by atoms with Crippen molar-refractivity contribution < 1.29 is 9.18 Å². The Bertz CT molecular complexity index is 805. The molecule has 6 heteroatoms. The molecule has 0 radical (unpaired) electrons. The maximum absolute atomic E-state index is 13.6. The maximum atomic E-state index is 13.6. The first-order valence-corrected chi connectivity index (χ1v) is 9.88. The Balaban J connectivity index is 1.35. The number of hydrogen-bond acceptors (Lipinski definition) is 3. The van der Waals surface area contributed by atoms with Crippen LogP contribution in [0.1, 0.15) is 48.2 Å². The number of carbonyl (C=O) groups is 1. The Kier molecular flexibility index (Phi) is 5.25. The van der Waals surface area contributed by atoms with E-state index in [9.17, 15) is 9.18 Å². The molecule has 1 amide bonds. The fourth-order valence-corrected chi connectivity index (χ4v) is 4.27. The second-order valence-corrected chi connectivity index (χ2v) is 7.90. The summed E-state index contributed by atoms with van der Waals surface area (Å²) < 4.78 is 15.7. The first kappa shape index (κ1) is 18.2. The van der Waals surface area contributed by atoms with Gasteiger partial charge in [-0.25, -0.2) is 4.39 Å². The van der Waals surface area contributed by atoms with Gasteiger partial charge in [-0.1, -0.05) is 18.9 Å². The standard InChI is InChI=1S/C21H27FN4O/c1-15-8-16(10-18(22)9-15)13-25-6-7-26-20(14-25)11-19(24-26)12-23-21(27)17-4-2-3-5-17/h8-11,17H,2-7,12-14H2,1H3,(H,23,27). The predicted octanol–water partition coefficient (Wildman–Crippen LogP) is 3.15. The summed E-state index contributed by atoms with van der Waals surface area (Å²) in [6, 6.07) is 7.29. The third-order valence-corrected chi connectivity index (χ3v) is 5.61. The topological polar surface area (TPSA) is 50.2 Å². The third kappa shape index (κ3) is 4.38. The normalized spacial score (nSPS) is 17.9. The van der Waals surface area contributed by atoms with Gasteiger partial charge in [0.1, 0.15) is 5.82 Å². The van der Waals surface area contributed by atoms with E-state index in [4.69, 9.17) is 0 Å². The lowest BCUT2D eigenvalue weighted by Crippen LogP contribution is -2.33. The summed E-state index contributed by atoms with van der Waals surface area (Å²) in [5.74, 6) is 0.182. The van der Waals surface area contributed by atoms with Gasteiger partial charge in [-0.3, -0.25) is 14.4 Å². The SMILES string of the molecule is Cc1cc(F)cc(CN2CCn3nc(CNC(=O)C4CCCC4)cc3C2)c1. The summed E-state index contributed by atoms with van der Waals surface area (Å²) in [6.07, 6.45) is 4.36. The van der Waals surface area contributed by atoms with Gasteiger partial charge in [0.2, 0.25) is 5.91 Å². The summed E-state index contributed by atoms with van der Waals surface area (Å²) >= 11 is 0. The minimum absolute atomic E-state index is 0.168. The van der Waals surface area contributed by atoms with Crippen LogP contribution in [-0.4, -0.2) is 27.1 Å². The van der Waals surface area contributed by atoms with Crippen LogP contribution in [0.3, 0.4) is 0 Å². The number of benzene rings is 1. The molecule has 144 valence electrons. The van der Waals surface area contributed by atoms with Crippen molar-refractivity contribution in [2.45, 2.75) is 58.8 Å². The van der Waals surface area contributed by atoms with Gasteiger partial charge < -0.3 is 5.32 Å². The van der Waals surface area contributed by atoms with Gasteiger partial charge in [0.05, 0.1) is 24.5 Å². The van der Waals surface area contributed by atoms with Crippen LogP contribution in [0.2, 0.25) is 0 Å². The lowest BCUT2D eigenvalue weighted by atomic mass is 10.1. The molecule has 0 bridgehead atoms. The molecule has 1 aromatic carbocycles. The highest BCUT2D eigenvalue weighted by atomic mass is 19.1. The van der Waals surface area contributed by atoms with Gasteiger partial charge in [0.25, 0.3) is 0 Å². The minimum Gasteiger partial charge on any atom is -0.350 e. The molecule has 5 nitrogen and oxygen atoms in total. The molecule has 1 aromatic heterocycles. The quantitative estimate of drug-likeness (QED) is 0.880. The highest BCUT2D eigenvalue weighted by Gasteiger charge is 2.23. The number of nitrogens with zero attached hydrogens (tertiary/aromatic N) is 3. The number of aromatic nitrogens is 2. The van der Waals surface area contributed by atoms with E-state index in [0.29, 0.717) is 6.54 Å². The monoisotopic (exact) mass is 370 g/mol. The van der Waals surface area contributed by atoms with Gasteiger partial charge in [-0.2, -0.15) is 5.10 Å². The number of fused-ring (bicyclic) bond motifs is 1. The molecule has 0 saturated heterocycles. The second-order valence-electron chi connectivity index (χ2n) is 7.90. The van der Waals surface area contributed by atoms with Crippen molar-refractivity contribution in [2.75, 3.05) is 6.54 Å². The van der Waals surface area contributed by atoms with Crippen LogP contribution in [0, 0.1) is 18.7 Å². The van der Waals surface area contributed by atoms with Crippen LogP contribution in [-0.2, 0) is 31.0 Å². The summed E-state index contributed by atoms with van der Waals surface area (Å²) in [6.45, 7) is 5.65. The smallest absolute Gasteiger partial charge is 0.223 e. The fraction of sp³-hybridized carbons (Fsp3) is 0.524. The van der Waals surface area contributed by atoms with Crippen molar-refractivity contribution in [3.05, 3.63) is 52.6 Å². The zero-order chi connectivity index (χ0) is 18.8. The van der Waals surface area contributed by atoms with Gasteiger partial charge in [0, 0.05) is 25.6 Å². The molecule has 1 N–H and O–H groups in total. The lowest BCUT2D eigenvalue weighted by Gasteiger charge is -2.27. The van der Waals surface area contributed by atoms with Gasteiger partial charge >= 0.3 is 0 Å². The molecule has 0 spiro atoms. The highest BCUT2D eigenvalue weighted by molar-refractivity contribution is 5.78. The first-order chi connectivity index (χ1) is 13.1. The zero-order valence-corrected chi connectivity index (χ0v) is 15.9. The minimum atomic E-state index is -0.174. The maximum Gasteiger partial charge on any atom is 0.223 e. The van der Waals surface area contributed by atoms with Crippen molar-refractivity contribution in [1.82, 2.24) is 20.0 Å². The van der Waals surface area contributed by atoms with Crippen molar-refractivity contribution in [3.8, 4) is 0 Å². The number of rotatable bonds is 5. The molecule has 0 atom stereocenters. The number of carbonyl (C=O) groups excluding carboxylic acids is 1. The van der Waals surface area contributed by atoms with Crippen molar-refractivity contribution >= 4 is 5.91 Å². The van der Waals surface area contributed by atoms with E-state index in [1.165, 1.54) is 0 Å². The average molecular weight is 370 g/mol. The summed E-state index contributed by atoms with van der Waals surface area (Å²) in [4.78, 5) is 14.5. The second kappa shape index (κ2) is 7.80. The van der Waals surface area contributed by atoms with Gasteiger partial charge in [0.15, 0.2) is 0 Å². The Labute approximate surface area is 159 Å². The highest BCUT2D eigenvalue weighted by Crippen LogP contribution is 2.25. The van der Waals surface area contributed by atoms with E-state index in [1.54, 1.807) is 12.1 Å². The van der Waals surface area contributed by atoms with Gasteiger partial charge in [-0.05, 0) is 49.1 Å². The Morgan fingerprint density at radius 2 is 2.04 bits per heavy atom. The predicted molar refractivity (Wildman–Crippen MR) is 101 cm³/mol. The Hall–Kier alpha value is -2.21. The summed E-state index contributed by atoms with van der Waals surface area (Å²) in [5, 5.41) is 7.68. The molecule has 1 aliphatic carbocycles. The number of halogens is 1. The molecule has 2 aliphatic rings. The molecule has 4 rings (SSSR count). The van der Waals surface area contributed by atoms with Crippen LogP contribution in [0.15, 0.2) is 24.3 Å². The van der Waals surface area contributed by atoms with E-state index < -0.39 is 0 Å². The van der Waals surface area contributed by atoms with Gasteiger partial charge in [-0.15, -0.1) is 0 Å². The molecule has 27 heavy (non-hydrogen) atoms. The fourth-order valence-electron chi connectivity index (χ4n) is 4.27. The van der Waals surface area contributed by atoms with E-state index in [2.05, 4.69) is 21.4 Å². The van der Waals surface area contributed by atoms with Crippen LogP contribution >= 0.6 is 0 Å². The lowest BCUT2D eigenvalue weighted by molar-refractivity contribution is -0.124. The zero-order valence-electron chi connectivity index (χ0n) is 15.9. The van der Waals surface area contributed by atoms with Crippen LogP contribution in [0.4, 0.5) is 4.39 Å². The molecular formula is C21H27FN4O. The Morgan fingerprint density at radius 1 is 1.22 bits per heavy atom. The molecule has 2 heterocycles. The number of amides is 1. The summed E-state index contributed by atoms with van der Waals surface area (Å²) in [5.41, 5.74) is 4.02. The Morgan fingerprint density at radius 3 is 2.81 bits per heavy atom. The van der Waals surface area contributed by atoms with E-state index in [-0.39, 0.29) is 17.6 Å². The molecule has 0 unspecified atom stereocenters. The number of aryl methyl sites for hydroxylation is 1. The summed E-state index contributed by atoms with van der Waals surface area (Å²) in [7, 11) is 0. The molecular weight excluding hydrogens is 343 g/mol. The molecule has 2 aromatic rings. The van der Waals surface area contributed by atoms with Crippen LogP contribution in [0.25, 0.3) is 0 Å². The molecule has 1 fully saturated rings. The average Bonchev–Trinajstić information content (AvgIpc) is 3.28. The molecule has 1 saturated carbocycles. The van der Waals surface area contributed by atoms with Crippen LogP contribution in [0.5, 0.6) is 0 Å².